The van der Waals surface area contributed by atoms with Crippen molar-refractivity contribution in [1.29, 1.82) is 0 Å². The molecule has 0 aromatic heterocycles. The minimum Gasteiger partial charge on any atom is -0.365 e. The molecule has 1 aliphatic carbocycles. The van der Waals surface area contributed by atoms with Crippen LogP contribution in [-0.2, 0) is 9.53 Å². The van der Waals surface area contributed by atoms with Crippen molar-refractivity contribution in [2.75, 3.05) is 13.7 Å². The number of hydrogen-bond acceptors (Lipinski definition) is 2. The van der Waals surface area contributed by atoms with Crippen molar-refractivity contribution in [3.05, 3.63) is 0 Å². The second-order valence-corrected chi connectivity index (χ2v) is 6.03. The molecule has 1 saturated carbocycles. The van der Waals surface area contributed by atoms with Crippen LogP contribution in [0.4, 0.5) is 0 Å². The quantitative estimate of drug-likeness (QED) is 0.714. The molecule has 3 atom stereocenters. The molecule has 0 radical (unpaired) electrons. The summed E-state index contributed by atoms with van der Waals surface area (Å²) in [5, 5.41) is 0.0997. The van der Waals surface area contributed by atoms with E-state index < -0.39 is 5.60 Å². The molecule has 0 spiro atoms. The Bertz CT molecular complexity index is 289. The predicted molar refractivity (Wildman–Crippen MR) is 68.3 cm³/mol. The van der Waals surface area contributed by atoms with E-state index in [9.17, 15) is 4.79 Å². The monoisotopic (exact) mass is 259 g/mol. The molecule has 98 valence electrons. The Morgan fingerprint density at radius 2 is 2.06 bits per heavy atom. The van der Waals surface area contributed by atoms with Gasteiger partial charge in [-0.3, -0.25) is 4.79 Å². The Morgan fingerprint density at radius 1 is 1.35 bits per heavy atom. The molecule has 0 aromatic carbocycles. The smallest absolute Gasteiger partial charge is 0.254 e. The SMILES string of the molecule is CN(C(=O)C1(C)CCCO1)C1CCCCC1Cl. The second-order valence-electron chi connectivity index (χ2n) is 5.47. The van der Waals surface area contributed by atoms with Crippen molar-refractivity contribution in [3.8, 4) is 0 Å². The number of halogens is 1. The molecule has 17 heavy (non-hydrogen) atoms. The summed E-state index contributed by atoms with van der Waals surface area (Å²) in [4.78, 5) is 14.3. The molecule has 4 heteroatoms. The van der Waals surface area contributed by atoms with Gasteiger partial charge < -0.3 is 9.64 Å². The Balaban J connectivity index is 2.03. The zero-order chi connectivity index (χ0) is 12.5. The number of carbonyl (C=O) groups excluding carboxylic acids is 1. The molecular formula is C13H22ClNO2. The number of likely N-dealkylation sites (N-methyl/N-ethyl adjacent to an activating group) is 1. The fourth-order valence-electron chi connectivity index (χ4n) is 2.97. The van der Waals surface area contributed by atoms with Gasteiger partial charge in [0.15, 0.2) is 0 Å². The van der Waals surface area contributed by atoms with E-state index in [4.69, 9.17) is 16.3 Å². The predicted octanol–water partition coefficient (Wildman–Crippen LogP) is 2.56. The topological polar surface area (TPSA) is 29.5 Å². The molecule has 2 rings (SSSR count). The Labute approximate surface area is 108 Å². The summed E-state index contributed by atoms with van der Waals surface area (Å²) in [5.41, 5.74) is -0.608. The average molecular weight is 260 g/mol. The zero-order valence-electron chi connectivity index (χ0n) is 10.7. The van der Waals surface area contributed by atoms with Crippen molar-refractivity contribution < 1.29 is 9.53 Å². The number of rotatable bonds is 2. The minimum atomic E-state index is -0.608. The van der Waals surface area contributed by atoms with Crippen LogP contribution in [0.5, 0.6) is 0 Å². The lowest BCUT2D eigenvalue weighted by Gasteiger charge is -2.38. The van der Waals surface area contributed by atoms with E-state index in [1.54, 1.807) is 0 Å². The molecule has 3 unspecified atom stereocenters. The van der Waals surface area contributed by atoms with Gasteiger partial charge in [-0.15, -0.1) is 11.6 Å². The van der Waals surface area contributed by atoms with Gasteiger partial charge in [0.05, 0.1) is 5.38 Å². The maximum atomic E-state index is 12.5. The normalized spacial score (nSPS) is 38.1. The fraction of sp³-hybridized carbons (Fsp3) is 0.923. The van der Waals surface area contributed by atoms with Crippen molar-refractivity contribution in [2.24, 2.45) is 0 Å². The highest BCUT2D eigenvalue weighted by molar-refractivity contribution is 6.21. The van der Waals surface area contributed by atoms with E-state index in [1.807, 2.05) is 18.9 Å². The summed E-state index contributed by atoms with van der Waals surface area (Å²) < 4.78 is 5.62. The first-order valence-corrected chi connectivity index (χ1v) is 7.03. The molecule has 1 heterocycles. The highest BCUT2D eigenvalue weighted by Gasteiger charge is 2.42. The van der Waals surface area contributed by atoms with E-state index in [-0.39, 0.29) is 17.3 Å². The third-order valence-corrected chi connectivity index (χ3v) is 4.65. The number of ether oxygens (including phenoxy) is 1. The van der Waals surface area contributed by atoms with Gasteiger partial charge in [-0.1, -0.05) is 12.8 Å². The highest BCUT2D eigenvalue weighted by atomic mass is 35.5. The molecule has 0 bridgehead atoms. The van der Waals surface area contributed by atoms with E-state index >= 15 is 0 Å². The van der Waals surface area contributed by atoms with Crippen LogP contribution < -0.4 is 0 Å². The van der Waals surface area contributed by atoms with Crippen molar-refractivity contribution in [3.63, 3.8) is 0 Å². The molecule has 3 nitrogen and oxygen atoms in total. The molecule has 1 aliphatic heterocycles. The lowest BCUT2D eigenvalue weighted by molar-refractivity contribution is -0.152. The molecule has 1 saturated heterocycles. The van der Waals surface area contributed by atoms with E-state index in [0.717, 1.165) is 25.7 Å². The lowest BCUT2D eigenvalue weighted by atomic mass is 9.92. The number of amides is 1. The third kappa shape index (κ3) is 2.60. The van der Waals surface area contributed by atoms with Crippen LogP contribution in [0.15, 0.2) is 0 Å². The van der Waals surface area contributed by atoms with Crippen LogP contribution in [0, 0.1) is 0 Å². The maximum absolute atomic E-state index is 12.5. The Hall–Kier alpha value is -0.280. The minimum absolute atomic E-state index is 0.0997. The summed E-state index contributed by atoms with van der Waals surface area (Å²) >= 11 is 6.34. The maximum Gasteiger partial charge on any atom is 0.254 e. The van der Waals surface area contributed by atoms with Gasteiger partial charge in [-0.2, -0.15) is 0 Å². The van der Waals surface area contributed by atoms with E-state index in [2.05, 4.69) is 0 Å². The van der Waals surface area contributed by atoms with Gasteiger partial charge in [0, 0.05) is 19.7 Å². The van der Waals surface area contributed by atoms with Crippen LogP contribution in [0.1, 0.15) is 45.4 Å². The largest absolute Gasteiger partial charge is 0.365 e. The molecule has 0 N–H and O–H groups in total. The molecule has 2 fully saturated rings. The first-order chi connectivity index (χ1) is 8.04. The Morgan fingerprint density at radius 3 is 2.65 bits per heavy atom. The number of hydrogen-bond donors (Lipinski definition) is 0. The number of carbonyl (C=O) groups is 1. The lowest BCUT2D eigenvalue weighted by Crippen LogP contribution is -2.52. The summed E-state index contributed by atoms with van der Waals surface area (Å²) in [6, 6.07) is 0.180. The van der Waals surface area contributed by atoms with Crippen LogP contribution in [-0.4, -0.2) is 41.5 Å². The van der Waals surface area contributed by atoms with Gasteiger partial charge in [0.2, 0.25) is 0 Å². The van der Waals surface area contributed by atoms with Crippen molar-refractivity contribution >= 4 is 17.5 Å². The van der Waals surface area contributed by atoms with Crippen molar-refractivity contribution in [1.82, 2.24) is 4.90 Å². The average Bonchev–Trinajstić information content (AvgIpc) is 2.76. The van der Waals surface area contributed by atoms with Gasteiger partial charge in [-0.25, -0.2) is 0 Å². The molecule has 0 aromatic rings. The standard InChI is InChI=1S/C13H22ClNO2/c1-13(8-5-9-17-13)12(16)15(2)11-7-4-3-6-10(11)14/h10-11H,3-9H2,1-2H3. The van der Waals surface area contributed by atoms with Crippen LogP contribution >= 0.6 is 11.6 Å². The summed E-state index contributed by atoms with van der Waals surface area (Å²) in [7, 11) is 1.88. The Kier molecular flexibility index (Phi) is 3.99. The highest BCUT2D eigenvalue weighted by Crippen LogP contribution is 2.31. The molecule has 1 amide bonds. The fourth-order valence-corrected chi connectivity index (χ4v) is 3.42. The van der Waals surface area contributed by atoms with Crippen LogP contribution in [0.2, 0.25) is 0 Å². The van der Waals surface area contributed by atoms with E-state index in [0.29, 0.717) is 6.61 Å². The number of nitrogens with zero attached hydrogens (tertiary/aromatic N) is 1. The van der Waals surface area contributed by atoms with E-state index in [1.165, 1.54) is 12.8 Å². The zero-order valence-corrected chi connectivity index (χ0v) is 11.5. The first kappa shape index (κ1) is 13.2. The number of alkyl halides is 1. The molecule has 2 aliphatic rings. The third-order valence-electron chi connectivity index (χ3n) is 4.14. The van der Waals surface area contributed by atoms with Crippen LogP contribution in [0.25, 0.3) is 0 Å². The second kappa shape index (κ2) is 5.15. The summed E-state index contributed by atoms with van der Waals surface area (Å²) in [5.74, 6) is 0.104. The van der Waals surface area contributed by atoms with Gasteiger partial charge in [0.25, 0.3) is 5.91 Å². The summed E-state index contributed by atoms with van der Waals surface area (Å²) in [6.07, 6.45) is 6.19. The van der Waals surface area contributed by atoms with Gasteiger partial charge >= 0.3 is 0 Å². The molecular weight excluding hydrogens is 238 g/mol. The summed E-state index contributed by atoms with van der Waals surface area (Å²) in [6.45, 7) is 2.61. The van der Waals surface area contributed by atoms with Crippen LogP contribution in [0.3, 0.4) is 0 Å². The van der Waals surface area contributed by atoms with Crippen molar-refractivity contribution in [2.45, 2.75) is 62.5 Å². The van der Waals surface area contributed by atoms with Gasteiger partial charge in [0.1, 0.15) is 5.60 Å². The first-order valence-electron chi connectivity index (χ1n) is 6.60. The van der Waals surface area contributed by atoms with Gasteiger partial charge in [-0.05, 0) is 32.6 Å².